The maximum Gasteiger partial charge on any atom is 0.262 e. The van der Waals surface area contributed by atoms with Crippen molar-refractivity contribution in [2.45, 2.75) is 19.0 Å². The smallest absolute Gasteiger partial charge is 0.262 e. The molecule has 0 aliphatic carbocycles. The van der Waals surface area contributed by atoms with Crippen molar-refractivity contribution in [2.24, 2.45) is 0 Å². The van der Waals surface area contributed by atoms with Crippen molar-refractivity contribution < 1.29 is 23.5 Å². The molecule has 0 unspecified atom stereocenters. The maximum atomic E-state index is 14.3. The Morgan fingerprint density at radius 1 is 0.812 bits per heavy atom. The van der Waals surface area contributed by atoms with Crippen LogP contribution in [0.1, 0.15) is 37.9 Å². The minimum atomic E-state index is -1.04. The molecule has 0 radical (unpaired) electrons. The number of ether oxygens (including phenoxy) is 1. The van der Waals surface area contributed by atoms with Crippen LogP contribution in [0.25, 0.3) is 0 Å². The molecule has 0 saturated carbocycles. The highest BCUT2D eigenvalue weighted by Crippen LogP contribution is 2.45. The number of anilines is 1. The number of amides is 3. The number of aryl methyl sites for hydroxylation is 1. The van der Waals surface area contributed by atoms with Gasteiger partial charge in [0.25, 0.3) is 17.7 Å². The van der Waals surface area contributed by atoms with Crippen LogP contribution in [-0.2, 0) is 4.79 Å². The van der Waals surface area contributed by atoms with Gasteiger partial charge in [0.15, 0.2) is 0 Å². The molecule has 1 saturated heterocycles. The predicted octanol–water partition coefficient (Wildman–Crippen LogP) is 3.90. The van der Waals surface area contributed by atoms with Gasteiger partial charge in [-0.15, -0.1) is 0 Å². The van der Waals surface area contributed by atoms with Gasteiger partial charge < -0.3 is 9.64 Å². The lowest BCUT2D eigenvalue weighted by Gasteiger charge is -2.49. The van der Waals surface area contributed by atoms with E-state index in [1.165, 1.54) is 18.1 Å². The Bertz CT molecular complexity index is 1250. The molecule has 5 rings (SSSR count). The average Bonchev–Trinajstić information content (AvgIpc) is 3.05. The molecule has 7 heteroatoms. The van der Waals surface area contributed by atoms with Crippen LogP contribution >= 0.6 is 0 Å². The summed E-state index contributed by atoms with van der Waals surface area (Å²) in [5.74, 6) is -1.34. The van der Waals surface area contributed by atoms with Gasteiger partial charge in [-0.2, -0.15) is 0 Å². The summed E-state index contributed by atoms with van der Waals surface area (Å²) in [6.45, 7) is 1.64. The number of methoxy groups -OCH3 is 1. The Labute approximate surface area is 183 Å². The number of hydrogen-bond donors (Lipinski definition) is 0. The number of imide groups is 1. The molecule has 0 bridgehead atoms. The second kappa shape index (κ2) is 7.30. The van der Waals surface area contributed by atoms with Gasteiger partial charge in [0.1, 0.15) is 17.6 Å². The molecule has 2 atom stereocenters. The van der Waals surface area contributed by atoms with Crippen LogP contribution in [0, 0.1) is 12.7 Å². The van der Waals surface area contributed by atoms with Crippen molar-refractivity contribution in [2.75, 3.05) is 12.0 Å². The monoisotopic (exact) mass is 430 g/mol. The molecule has 3 aromatic carbocycles. The van der Waals surface area contributed by atoms with Gasteiger partial charge in [0, 0.05) is 5.69 Å². The lowest BCUT2D eigenvalue weighted by molar-refractivity contribution is -0.130. The predicted molar refractivity (Wildman–Crippen MR) is 115 cm³/mol. The molecule has 2 aliphatic heterocycles. The lowest BCUT2D eigenvalue weighted by Crippen LogP contribution is -2.67. The van der Waals surface area contributed by atoms with Gasteiger partial charge in [0.05, 0.1) is 24.3 Å². The van der Waals surface area contributed by atoms with Gasteiger partial charge in [-0.25, -0.2) is 4.39 Å². The quantitative estimate of drug-likeness (QED) is 0.465. The molecule has 3 aromatic rings. The number of carbonyl (C=O) groups excluding carboxylic acids is 3. The summed E-state index contributed by atoms with van der Waals surface area (Å²) in [7, 11) is 1.53. The summed E-state index contributed by atoms with van der Waals surface area (Å²) in [6, 6.07) is 16.4. The third-order valence-corrected chi connectivity index (χ3v) is 6.04. The second-order valence-electron chi connectivity index (χ2n) is 7.83. The number of rotatable bonds is 4. The first-order valence-corrected chi connectivity index (χ1v) is 10.1. The summed E-state index contributed by atoms with van der Waals surface area (Å²) in [5.41, 5.74) is 2.03. The van der Waals surface area contributed by atoms with Crippen LogP contribution in [0.15, 0.2) is 66.7 Å². The van der Waals surface area contributed by atoms with Crippen LogP contribution in [0.4, 0.5) is 10.1 Å². The number of halogens is 1. The van der Waals surface area contributed by atoms with Crippen LogP contribution in [0.5, 0.6) is 5.75 Å². The number of β-lactam (4-membered cyclic amide) rings is 1. The van der Waals surface area contributed by atoms with Crippen LogP contribution in [0.2, 0.25) is 0 Å². The van der Waals surface area contributed by atoms with Gasteiger partial charge >= 0.3 is 0 Å². The lowest BCUT2D eigenvalue weighted by atomic mass is 9.86. The fourth-order valence-corrected chi connectivity index (χ4v) is 4.36. The molecule has 160 valence electrons. The van der Waals surface area contributed by atoms with Gasteiger partial charge in [0.2, 0.25) is 0 Å². The molecule has 0 N–H and O–H groups in total. The topological polar surface area (TPSA) is 66.9 Å². The van der Waals surface area contributed by atoms with Crippen molar-refractivity contribution in [3.63, 3.8) is 0 Å². The van der Waals surface area contributed by atoms with E-state index >= 15 is 0 Å². The largest absolute Gasteiger partial charge is 0.497 e. The van der Waals surface area contributed by atoms with Gasteiger partial charge in [-0.05, 0) is 54.4 Å². The Kier molecular flexibility index (Phi) is 4.55. The molecule has 1 fully saturated rings. The summed E-state index contributed by atoms with van der Waals surface area (Å²) in [4.78, 5) is 42.0. The first-order valence-electron chi connectivity index (χ1n) is 10.1. The molecule has 2 aliphatic rings. The molecule has 32 heavy (non-hydrogen) atoms. The van der Waals surface area contributed by atoms with E-state index in [0.29, 0.717) is 22.6 Å². The Morgan fingerprint density at radius 3 is 2.12 bits per heavy atom. The maximum absolute atomic E-state index is 14.3. The fourth-order valence-electron chi connectivity index (χ4n) is 4.36. The molecule has 0 spiro atoms. The van der Waals surface area contributed by atoms with Crippen molar-refractivity contribution in [1.82, 2.24) is 4.90 Å². The van der Waals surface area contributed by atoms with Crippen molar-refractivity contribution in [3.05, 3.63) is 94.8 Å². The first kappa shape index (κ1) is 19.9. The van der Waals surface area contributed by atoms with E-state index in [2.05, 4.69) is 0 Å². The van der Waals surface area contributed by atoms with E-state index in [9.17, 15) is 18.8 Å². The average molecular weight is 430 g/mol. The fraction of sp³-hybridized carbons (Fsp3) is 0.160. The van der Waals surface area contributed by atoms with E-state index in [-0.39, 0.29) is 11.1 Å². The zero-order valence-electron chi connectivity index (χ0n) is 17.4. The summed E-state index contributed by atoms with van der Waals surface area (Å²) in [6.07, 6.45) is 0. The summed E-state index contributed by atoms with van der Waals surface area (Å²) < 4.78 is 19.6. The standard InChI is InChI=1S/C25H19FN2O4/c1-14-10-11-16(13-20(14)26)27-21(15-6-5-7-17(12-15)32-2)22(25(27)31)28-23(29)18-8-3-4-9-19(18)24(28)30/h3-13,21-22H,1-2H3/t21-,22+/m1/s1. The molecule has 3 amide bonds. The van der Waals surface area contributed by atoms with E-state index in [4.69, 9.17) is 4.74 Å². The number of nitrogens with zero attached hydrogens (tertiary/aromatic N) is 2. The molecular weight excluding hydrogens is 411 g/mol. The molecule has 6 nitrogen and oxygen atoms in total. The van der Waals surface area contributed by atoms with Gasteiger partial charge in [-0.3, -0.25) is 19.3 Å². The first-order chi connectivity index (χ1) is 15.4. The number of hydrogen-bond acceptors (Lipinski definition) is 4. The van der Waals surface area contributed by atoms with Crippen molar-refractivity contribution in [1.29, 1.82) is 0 Å². The van der Waals surface area contributed by atoms with E-state index in [1.807, 2.05) is 0 Å². The van der Waals surface area contributed by atoms with Crippen LogP contribution in [0.3, 0.4) is 0 Å². The highest BCUT2D eigenvalue weighted by molar-refractivity contribution is 6.24. The van der Waals surface area contributed by atoms with Crippen molar-refractivity contribution in [3.8, 4) is 5.75 Å². The number of carbonyl (C=O) groups is 3. The minimum Gasteiger partial charge on any atom is -0.497 e. The van der Waals surface area contributed by atoms with Crippen LogP contribution < -0.4 is 9.64 Å². The molecule has 0 aromatic heterocycles. The second-order valence-corrected chi connectivity index (χ2v) is 7.83. The highest BCUT2D eigenvalue weighted by atomic mass is 19.1. The Balaban J connectivity index is 1.61. The Hall–Kier alpha value is -4.00. The van der Waals surface area contributed by atoms with Crippen LogP contribution in [-0.4, -0.2) is 35.8 Å². The SMILES string of the molecule is COc1cccc([C@@H]2[C@H](N3C(=O)c4ccccc4C3=O)C(=O)N2c2ccc(C)c(F)c2)c1. The zero-order valence-corrected chi connectivity index (χ0v) is 17.4. The Morgan fingerprint density at radius 2 is 1.50 bits per heavy atom. The highest BCUT2D eigenvalue weighted by Gasteiger charge is 2.57. The molecule has 2 heterocycles. The number of fused-ring (bicyclic) bond motifs is 1. The number of benzene rings is 3. The third-order valence-electron chi connectivity index (χ3n) is 6.04. The summed E-state index contributed by atoms with van der Waals surface area (Å²) in [5, 5.41) is 0. The molecular formula is C25H19FN2O4. The van der Waals surface area contributed by atoms with E-state index in [1.54, 1.807) is 67.6 Å². The minimum absolute atomic E-state index is 0.273. The summed E-state index contributed by atoms with van der Waals surface area (Å²) >= 11 is 0. The van der Waals surface area contributed by atoms with Gasteiger partial charge in [-0.1, -0.05) is 30.3 Å². The van der Waals surface area contributed by atoms with E-state index < -0.39 is 35.6 Å². The van der Waals surface area contributed by atoms with E-state index in [0.717, 1.165) is 4.90 Å². The van der Waals surface area contributed by atoms with Crippen molar-refractivity contribution >= 4 is 23.4 Å². The third kappa shape index (κ3) is 2.81. The normalized spacial score (nSPS) is 19.8. The zero-order chi connectivity index (χ0) is 22.6.